The molecule has 1 aliphatic heterocycles. The first kappa shape index (κ1) is 21.0. The summed E-state index contributed by atoms with van der Waals surface area (Å²) < 4.78 is 5.18. The first-order valence-corrected chi connectivity index (χ1v) is 9.63. The smallest absolute Gasteiger partial charge is 0.271 e. The summed E-state index contributed by atoms with van der Waals surface area (Å²) in [7, 11) is 1.43. The number of carbonyl (C=O) groups excluding carboxylic acids is 2. The van der Waals surface area contributed by atoms with E-state index in [0.29, 0.717) is 31.7 Å². The van der Waals surface area contributed by atoms with Gasteiger partial charge in [0, 0.05) is 37.2 Å². The molecular weight excluding hydrogens is 386 g/mol. The normalized spacial score (nSPS) is 14.5. The van der Waals surface area contributed by atoms with E-state index in [1.54, 1.807) is 17.1 Å². The Balaban J connectivity index is 1.57. The van der Waals surface area contributed by atoms with E-state index in [1.807, 2.05) is 30.3 Å². The van der Waals surface area contributed by atoms with Gasteiger partial charge in [-0.05, 0) is 30.5 Å². The van der Waals surface area contributed by atoms with Crippen molar-refractivity contribution in [2.24, 2.45) is 5.92 Å². The van der Waals surface area contributed by atoms with Gasteiger partial charge in [-0.25, -0.2) is 0 Å². The van der Waals surface area contributed by atoms with E-state index in [2.05, 4.69) is 5.32 Å². The van der Waals surface area contributed by atoms with Crippen molar-refractivity contribution in [3.8, 4) is 5.75 Å². The predicted octanol–water partition coefficient (Wildman–Crippen LogP) is 3.49. The SMILES string of the molecule is COc1ccc([N+](=O)[O-])cc1NC(=O)C1CCN(C(=O)/C=C/c2ccccc2)CC1. The summed E-state index contributed by atoms with van der Waals surface area (Å²) in [5.74, 6) is -0.248. The van der Waals surface area contributed by atoms with Crippen molar-refractivity contribution < 1.29 is 19.2 Å². The van der Waals surface area contributed by atoms with Gasteiger partial charge < -0.3 is 15.0 Å². The van der Waals surface area contributed by atoms with Crippen LogP contribution in [-0.4, -0.2) is 41.8 Å². The third-order valence-corrected chi connectivity index (χ3v) is 5.05. The van der Waals surface area contributed by atoms with Crippen LogP contribution in [0.2, 0.25) is 0 Å². The van der Waals surface area contributed by atoms with Crippen molar-refractivity contribution in [2.45, 2.75) is 12.8 Å². The molecule has 1 fully saturated rings. The Morgan fingerprint density at radius 3 is 2.50 bits per heavy atom. The summed E-state index contributed by atoms with van der Waals surface area (Å²) in [5.41, 5.74) is 1.09. The molecule has 2 amide bonds. The van der Waals surface area contributed by atoms with Crippen molar-refractivity contribution >= 4 is 29.3 Å². The number of ether oxygens (including phenoxy) is 1. The van der Waals surface area contributed by atoms with Gasteiger partial charge in [-0.2, -0.15) is 0 Å². The van der Waals surface area contributed by atoms with Crippen LogP contribution in [0, 0.1) is 16.0 Å². The fraction of sp³-hybridized carbons (Fsp3) is 0.273. The quantitative estimate of drug-likeness (QED) is 0.447. The zero-order valence-corrected chi connectivity index (χ0v) is 16.6. The molecule has 0 aliphatic carbocycles. The lowest BCUT2D eigenvalue weighted by Crippen LogP contribution is -2.40. The second kappa shape index (κ2) is 9.69. The maximum absolute atomic E-state index is 12.7. The topological polar surface area (TPSA) is 102 Å². The third-order valence-electron chi connectivity index (χ3n) is 5.05. The maximum atomic E-state index is 12.7. The van der Waals surface area contributed by atoms with Crippen molar-refractivity contribution in [3.05, 3.63) is 70.3 Å². The van der Waals surface area contributed by atoms with Gasteiger partial charge in [0.05, 0.1) is 17.7 Å². The van der Waals surface area contributed by atoms with Crippen LogP contribution in [0.4, 0.5) is 11.4 Å². The molecule has 3 rings (SSSR count). The Hall–Kier alpha value is -3.68. The number of hydrogen-bond acceptors (Lipinski definition) is 5. The first-order chi connectivity index (χ1) is 14.5. The van der Waals surface area contributed by atoms with Gasteiger partial charge >= 0.3 is 0 Å². The van der Waals surface area contributed by atoms with Gasteiger partial charge in [-0.3, -0.25) is 19.7 Å². The fourth-order valence-electron chi connectivity index (χ4n) is 3.34. The average molecular weight is 409 g/mol. The second-order valence-electron chi connectivity index (χ2n) is 6.97. The molecule has 2 aromatic carbocycles. The lowest BCUT2D eigenvalue weighted by atomic mass is 9.95. The summed E-state index contributed by atoms with van der Waals surface area (Å²) in [6.07, 6.45) is 4.36. The molecule has 30 heavy (non-hydrogen) atoms. The molecule has 0 atom stereocenters. The third kappa shape index (κ3) is 5.22. The maximum Gasteiger partial charge on any atom is 0.271 e. The number of nitrogens with zero attached hydrogens (tertiary/aromatic N) is 2. The monoisotopic (exact) mass is 409 g/mol. The minimum absolute atomic E-state index is 0.0851. The Morgan fingerprint density at radius 2 is 1.87 bits per heavy atom. The molecular formula is C22H23N3O5. The van der Waals surface area contributed by atoms with Crippen LogP contribution in [0.1, 0.15) is 18.4 Å². The van der Waals surface area contributed by atoms with Crippen LogP contribution in [0.5, 0.6) is 5.75 Å². The van der Waals surface area contributed by atoms with E-state index in [9.17, 15) is 19.7 Å². The van der Waals surface area contributed by atoms with Crippen molar-refractivity contribution in [3.63, 3.8) is 0 Å². The molecule has 8 nitrogen and oxygen atoms in total. The van der Waals surface area contributed by atoms with Gasteiger partial charge in [-0.1, -0.05) is 30.3 Å². The van der Waals surface area contributed by atoms with Crippen LogP contribution in [0.3, 0.4) is 0 Å². The summed E-state index contributed by atoms with van der Waals surface area (Å²) >= 11 is 0. The summed E-state index contributed by atoms with van der Waals surface area (Å²) in [5, 5.41) is 13.7. The number of likely N-dealkylation sites (tertiary alicyclic amines) is 1. The minimum Gasteiger partial charge on any atom is -0.495 e. The molecule has 1 heterocycles. The van der Waals surface area contributed by atoms with E-state index in [4.69, 9.17) is 4.74 Å². The molecule has 156 valence electrons. The number of rotatable bonds is 6. The van der Waals surface area contributed by atoms with Crippen molar-refractivity contribution in [1.29, 1.82) is 0 Å². The van der Waals surface area contributed by atoms with Gasteiger partial charge in [0.2, 0.25) is 11.8 Å². The highest BCUT2D eigenvalue weighted by atomic mass is 16.6. The molecule has 0 radical (unpaired) electrons. The number of hydrogen-bond donors (Lipinski definition) is 1. The van der Waals surface area contributed by atoms with Crippen LogP contribution >= 0.6 is 0 Å². The number of non-ortho nitro benzene ring substituents is 1. The molecule has 2 aromatic rings. The van der Waals surface area contributed by atoms with Gasteiger partial charge in [0.15, 0.2) is 0 Å². The second-order valence-corrected chi connectivity index (χ2v) is 6.97. The number of nitrogens with one attached hydrogen (secondary N) is 1. The van der Waals surface area contributed by atoms with E-state index in [1.165, 1.54) is 25.3 Å². The largest absolute Gasteiger partial charge is 0.495 e. The molecule has 0 unspecified atom stereocenters. The summed E-state index contributed by atoms with van der Waals surface area (Å²) in [6, 6.07) is 13.6. The number of nitro groups is 1. The molecule has 1 aliphatic rings. The average Bonchev–Trinajstić information content (AvgIpc) is 2.78. The van der Waals surface area contributed by atoms with Gasteiger partial charge in [-0.15, -0.1) is 0 Å². The molecule has 0 bridgehead atoms. The molecule has 8 heteroatoms. The molecule has 1 N–H and O–H groups in total. The predicted molar refractivity (Wildman–Crippen MR) is 113 cm³/mol. The Bertz CT molecular complexity index is 951. The number of nitro benzene ring substituents is 1. The lowest BCUT2D eigenvalue weighted by Gasteiger charge is -2.30. The van der Waals surface area contributed by atoms with Gasteiger partial charge in [0.1, 0.15) is 5.75 Å². The molecule has 0 aromatic heterocycles. The number of methoxy groups -OCH3 is 1. The number of benzene rings is 2. The van der Waals surface area contributed by atoms with Crippen LogP contribution < -0.4 is 10.1 Å². The summed E-state index contributed by atoms with van der Waals surface area (Å²) in [4.78, 5) is 37.2. The Kier molecular flexibility index (Phi) is 6.79. The molecule has 0 spiro atoms. The van der Waals surface area contributed by atoms with Crippen LogP contribution in [-0.2, 0) is 9.59 Å². The highest BCUT2D eigenvalue weighted by Crippen LogP contribution is 2.30. The number of carbonyl (C=O) groups is 2. The van der Waals surface area contributed by atoms with E-state index < -0.39 is 4.92 Å². The zero-order valence-electron chi connectivity index (χ0n) is 16.6. The summed E-state index contributed by atoms with van der Waals surface area (Å²) in [6.45, 7) is 0.949. The Morgan fingerprint density at radius 1 is 1.17 bits per heavy atom. The zero-order chi connectivity index (χ0) is 21.5. The van der Waals surface area contributed by atoms with Crippen molar-refractivity contribution in [2.75, 3.05) is 25.5 Å². The minimum atomic E-state index is -0.526. The van der Waals surface area contributed by atoms with Gasteiger partial charge in [0.25, 0.3) is 5.69 Å². The first-order valence-electron chi connectivity index (χ1n) is 9.63. The van der Waals surface area contributed by atoms with Crippen molar-refractivity contribution in [1.82, 2.24) is 4.90 Å². The number of piperidine rings is 1. The molecule has 0 saturated carbocycles. The van der Waals surface area contributed by atoms with Crippen LogP contribution in [0.15, 0.2) is 54.6 Å². The van der Waals surface area contributed by atoms with E-state index >= 15 is 0 Å². The number of amides is 2. The highest BCUT2D eigenvalue weighted by molar-refractivity contribution is 5.95. The lowest BCUT2D eigenvalue weighted by molar-refractivity contribution is -0.384. The van der Waals surface area contributed by atoms with Crippen LogP contribution in [0.25, 0.3) is 6.08 Å². The fourth-order valence-corrected chi connectivity index (χ4v) is 3.34. The Labute approximate surface area is 174 Å². The standard InChI is InChI=1S/C22H23N3O5/c1-30-20-9-8-18(25(28)29)15-19(20)23-22(27)17-11-13-24(14-12-17)21(26)10-7-16-5-3-2-4-6-16/h2-10,15,17H,11-14H2,1H3,(H,23,27)/b10-7+. The van der Waals surface area contributed by atoms with E-state index in [-0.39, 0.29) is 29.1 Å². The number of anilines is 1. The highest BCUT2D eigenvalue weighted by Gasteiger charge is 2.27. The molecule has 1 saturated heterocycles. The van der Waals surface area contributed by atoms with E-state index in [0.717, 1.165) is 5.56 Å².